The standard InChI is InChI=1S/C27H28N4OS2/c1-2-3-10-21-15-17-22(18-16-21)28-26(32)20-34-27-30-29-25(19-33-24-13-8-5-9-14-24)31(27)23-11-6-4-7-12-23/h4-9,11-18H,2-3,10,19-20H2,1H3,(H,28,32). The van der Waals surface area contributed by atoms with Gasteiger partial charge in [0.2, 0.25) is 5.91 Å². The molecule has 0 aliphatic rings. The maximum absolute atomic E-state index is 12.6. The van der Waals surface area contributed by atoms with Crippen molar-refractivity contribution in [1.82, 2.24) is 14.8 Å². The molecule has 174 valence electrons. The number of unbranched alkanes of at least 4 members (excludes halogenated alkanes) is 1. The van der Waals surface area contributed by atoms with Crippen LogP contribution in [-0.4, -0.2) is 26.4 Å². The van der Waals surface area contributed by atoms with E-state index in [2.05, 4.69) is 46.7 Å². The number of nitrogens with zero attached hydrogens (tertiary/aromatic N) is 3. The van der Waals surface area contributed by atoms with Gasteiger partial charge in [0.05, 0.1) is 11.5 Å². The molecule has 4 rings (SSSR count). The van der Waals surface area contributed by atoms with Gasteiger partial charge < -0.3 is 5.32 Å². The van der Waals surface area contributed by atoms with Gasteiger partial charge in [0.25, 0.3) is 0 Å². The van der Waals surface area contributed by atoms with Crippen LogP contribution in [0.5, 0.6) is 0 Å². The molecule has 34 heavy (non-hydrogen) atoms. The number of nitrogens with one attached hydrogen (secondary N) is 1. The first-order chi connectivity index (χ1) is 16.7. The van der Waals surface area contributed by atoms with Crippen molar-refractivity contribution in [3.63, 3.8) is 0 Å². The predicted octanol–water partition coefficient (Wildman–Crippen LogP) is 6.63. The monoisotopic (exact) mass is 488 g/mol. The molecular weight excluding hydrogens is 460 g/mol. The summed E-state index contributed by atoms with van der Waals surface area (Å²) in [6, 6.07) is 28.4. The zero-order valence-electron chi connectivity index (χ0n) is 19.2. The molecule has 1 N–H and O–H groups in total. The molecule has 0 aliphatic carbocycles. The summed E-state index contributed by atoms with van der Waals surface area (Å²) in [5.74, 6) is 1.73. The van der Waals surface area contributed by atoms with Gasteiger partial charge in [-0.15, -0.1) is 22.0 Å². The van der Waals surface area contributed by atoms with Gasteiger partial charge in [-0.2, -0.15) is 0 Å². The lowest BCUT2D eigenvalue weighted by molar-refractivity contribution is -0.113. The Bertz CT molecular complexity index is 1180. The first kappa shape index (κ1) is 24.1. The predicted molar refractivity (Wildman–Crippen MR) is 142 cm³/mol. The zero-order chi connectivity index (χ0) is 23.6. The highest BCUT2D eigenvalue weighted by Gasteiger charge is 2.16. The van der Waals surface area contributed by atoms with E-state index in [1.807, 2.05) is 65.2 Å². The SMILES string of the molecule is CCCCc1ccc(NC(=O)CSc2nnc(CSc3ccccc3)n2-c2ccccc2)cc1. The highest BCUT2D eigenvalue weighted by Crippen LogP contribution is 2.27. The molecule has 0 saturated heterocycles. The summed E-state index contributed by atoms with van der Waals surface area (Å²) in [5, 5.41) is 12.5. The summed E-state index contributed by atoms with van der Waals surface area (Å²) in [7, 11) is 0. The van der Waals surface area contributed by atoms with Gasteiger partial charge in [0.1, 0.15) is 5.82 Å². The largest absolute Gasteiger partial charge is 0.325 e. The molecule has 0 atom stereocenters. The van der Waals surface area contributed by atoms with Crippen molar-refractivity contribution in [2.75, 3.05) is 11.1 Å². The fourth-order valence-electron chi connectivity index (χ4n) is 3.45. The average molecular weight is 489 g/mol. The second-order valence-corrected chi connectivity index (χ2v) is 9.80. The second-order valence-electron chi connectivity index (χ2n) is 7.81. The van der Waals surface area contributed by atoms with Crippen molar-refractivity contribution >= 4 is 35.1 Å². The number of hydrogen-bond donors (Lipinski definition) is 1. The third-order valence-corrected chi connectivity index (χ3v) is 7.15. The number of carbonyl (C=O) groups excluding carboxylic acids is 1. The number of carbonyl (C=O) groups is 1. The minimum atomic E-state index is -0.0610. The van der Waals surface area contributed by atoms with Crippen LogP contribution in [0.25, 0.3) is 5.69 Å². The molecule has 5 nitrogen and oxygen atoms in total. The Morgan fingerprint density at radius 1 is 0.882 bits per heavy atom. The summed E-state index contributed by atoms with van der Waals surface area (Å²) in [6.07, 6.45) is 3.42. The minimum Gasteiger partial charge on any atom is -0.325 e. The summed E-state index contributed by atoms with van der Waals surface area (Å²) in [5.41, 5.74) is 3.10. The van der Waals surface area contributed by atoms with Gasteiger partial charge in [-0.05, 0) is 54.8 Å². The van der Waals surface area contributed by atoms with Crippen molar-refractivity contribution in [2.45, 2.75) is 42.0 Å². The van der Waals surface area contributed by atoms with E-state index < -0.39 is 0 Å². The van der Waals surface area contributed by atoms with Gasteiger partial charge in [-0.3, -0.25) is 9.36 Å². The van der Waals surface area contributed by atoms with Gasteiger partial charge in [0.15, 0.2) is 5.16 Å². The fraction of sp³-hybridized carbons (Fsp3) is 0.222. The van der Waals surface area contributed by atoms with Gasteiger partial charge in [-0.1, -0.05) is 73.6 Å². The summed E-state index contributed by atoms with van der Waals surface area (Å²) in [6.45, 7) is 2.19. The normalized spacial score (nSPS) is 10.9. The fourth-order valence-corrected chi connectivity index (χ4v) is 5.05. The highest BCUT2D eigenvalue weighted by atomic mass is 32.2. The van der Waals surface area contributed by atoms with Gasteiger partial charge >= 0.3 is 0 Å². The topological polar surface area (TPSA) is 59.8 Å². The molecule has 1 aromatic heterocycles. The molecule has 0 saturated carbocycles. The number of rotatable bonds is 11. The molecule has 4 aromatic rings. The van der Waals surface area contributed by atoms with E-state index in [4.69, 9.17) is 0 Å². The van der Waals surface area contributed by atoms with Crippen molar-refractivity contribution < 1.29 is 4.79 Å². The van der Waals surface area contributed by atoms with Crippen LogP contribution in [0, 0.1) is 0 Å². The van der Waals surface area contributed by atoms with Gasteiger partial charge in [0, 0.05) is 16.3 Å². The van der Waals surface area contributed by atoms with Crippen LogP contribution in [-0.2, 0) is 17.0 Å². The van der Waals surface area contributed by atoms with E-state index in [1.54, 1.807) is 11.8 Å². The number of thioether (sulfide) groups is 2. The lowest BCUT2D eigenvalue weighted by Crippen LogP contribution is -2.14. The third kappa shape index (κ3) is 6.74. The third-order valence-electron chi connectivity index (χ3n) is 5.21. The van der Waals surface area contributed by atoms with Crippen LogP contribution in [0.3, 0.4) is 0 Å². The van der Waals surface area contributed by atoms with E-state index in [-0.39, 0.29) is 11.7 Å². The van der Waals surface area contributed by atoms with Crippen LogP contribution in [0.1, 0.15) is 31.2 Å². The number of hydrogen-bond acceptors (Lipinski definition) is 5. The number of aryl methyl sites for hydroxylation is 1. The molecule has 0 spiro atoms. The molecule has 7 heteroatoms. The Morgan fingerprint density at radius 3 is 2.29 bits per heavy atom. The summed E-state index contributed by atoms with van der Waals surface area (Å²) >= 11 is 3.11. The van der Waals surface area contributed by atoms with Crippen LogP contribution < -0.4 is 5.32 Å². The Balaban J connectivity index is 1.41. The van der Waals surface area contributed by atoms with E-state index >= 15 is 0 Å². The molecule has 0 radical (unpaired) electrons. The number of anilines is 1. The first-order valence-corrected chi connectivity index (χ1v) is 13.4. The van der Waals surface area contributed by atoms with Gasteiger partial charge in [-0.25, -0.2) is 0 Å². The maximum atomic E-state index is 12.6. The van der Waals surface area contributed by atoms with E-state index in [9.17, 15) is 4.79 Å². The minimum absolute atomic E-state index is 0.0610. The van der Waals surface area contributed by atoms with E-state index in [1.165, 1.54) is 35.1 Å². The van der Waals surface area contributed by atoms with Crippen molar-refractivity contribution in [1.29, 1.82) is 0 Å². The Labute approximate surface area is 209 Å². The lowest BCUT2D eigenvalue weighted by Gasteiger charge is -2.10. The zero-order valence-corrected chi connectivity index (χ0v) is 20.8. The highest BCUT2D eigenvalue weighted by molar-refractivity contribution is 7.99. The second kappa shape index (κ2) is 12.4. The Morgan fingerprint density at radius 2 is 1.59 bits per heavy atom. The van der Waals surface area contributed by atoms with Crippen molar-refractivity contribution in [3.05, 3.63) is 96.3 Å². The first-order valence-electron chi connectivity index (χ1n) is 11.4. The number of benzene rings is 3. The number of para-hydroxylation sites is 1. The lowest BCUT2D eigenvalue weighted by atomic mass is 10.1. The van der Waals surface area contributed by atoms with Crippen molar-refractivity contribution in [2.24, 2.45) is 0 Å². The quantitative estimate of drug-likeness (QED) is 0.240. The summed E-state index contributed by atoms with van der Waals surface area (Å²) in [4.78, 5) is 13.8. The van der Waals surface area contributed by atoms with Crippen LogP contribution in [0.15, 0.2) is 95.0 Å². The van der Waals surface area contributed by atoms with E-state index in [0.29, 0.717) is 10.9 Å². The summed E-state index contributed by atoms with van der Waals surface area (Å²) < 4.78 is 2.04. The molecule has 0 aliphatic heterocycles. The van der Waals surface area contributed by atoms with Crippen molar-refractivity contribution in [3.8, 4) is 5.69 Å². The van der Waals surface area contributed by atoms with E-state index in [0.717, 1.165) is 23.6 Å². The number of aromatic nitrogens is 3. The smallest absolute Gasteiger partial charge is 0.234 e. The average Bonchev–Trinajstić information content (AvgIpc) is 3.30. The molecule has 0 bridgehead atoms. The number of amides is 1. The van der Waals surface area contributed by atoms with Crippen LogP contribution in [0.4, 0.5) is 5.69 Å². The molecule has 3 aromatic carbocycles. The molecule has 0 unspecified atom stereocenters. The van der Waals surface area contributed by atoms with Crippen LogP contribution >= 0.6 is 23.5 Å². The maximum Gasteiger partial charge on any atom is 0.234 e. The Kier molecular flexibility index (Phi) is 8.82. The molecule has 0 fully saturated rings. The molecule has 1 amide bonds. The molecule has 1 heterocycles. The Hall–Kier alpha value is -3.03. The van der Waals surface area contributed by atoms with Crippen LogP contribution in [0.2, 0.25) is 0 Å². The molecular formula is C27H28N4OS2.